The van der Waals surface area contributed by atoms with Crippen molar-refractivity contribution in [1.82, 2.24) is 19.9 Å². The Morgan fingerprint density at radius 2 is 1.96 bits per heavy atom. The van der Waals surface area contributed by atoms with Crippen molar-refractivity contribution < 1.29 is 0 Å². The molecule has 1 aliphatic rings. The van der Waals surface area contributed by atoms with Gasteiger partial charge < -0.3 is 0 Å². The second-order valence-corrected chi connectivity index (χ2v) is 8.78. The Balaban J connectivity index is 1.39. The molecule has 136 valence electrons. The Hall–Kier alpha value is -2.15. The summed E-state index contributed by atoms with van der Waals surface area (Å²) in [7, 11) is 0. The van der Waals surface area contributed by atoms with E-state index in [0.29, 0.717) is 6.04 Å². The average Bonchev–Trinajstić information content (AvgIpc) is 3.36. The number of rotatable bonds is 4. The third-order valence-electron chi connectivity index (χ3n) is 5.01. The van der Waals surface area contributed by atoms with E-state index in [0.717, 1.165) is 35.0 Å². The minimum atomic E-state index is 0.399. The van der Waals surface area contributed by atoms with Gasteiger partial charge in [-0.15, -0.1) is 22.7 Å². The molecule has 4 heterocycles. The number of likely N-dealkylation sites (tertiary alicyclic amines) is 1. The molecule has 0 N–H and O–H groups in total. The number of hydrogen-bond donors (Lipinski definition) is 0. The largest absolute Gasteiger partial charge is 0.288 e. The van der Waals surface area contributed by atoms with Gasteiger partial charge in [0.25, 0.3) is 0 Å². The van der Waals surface area contributed by atoms with E-state index >= 15 is 0 Å². The molecule has 0 radical (unpaired) electrons. The number of thiazole rings is 2. The maximum Gasteiger partial charge on any atom is 0.142 e. The standard InChI is InChI=1S/C21H20N4S2/c1-2-10-19-16(7-1)24-21(27-19)18-9-4-6-12-25(18)13-15-14-26-20(23-15)17-8-3-5-11-22-17/h1-3,5,7-8,10-11,14,18H,4,6,9,12-13H2. The van der Waals surface area contributed by atoms with Gasteiger partial charge in [0.1, 0.15) is 10.0 Å². The number of para-hydroxylation sites is 1. The van der Waals surface area contributed by atoms with E-state index in [2.05, 4.69) is 39.5 Å². The summed E-state index contributed by atoms with van der Waals surface area (Å²) in [5, 5.41) is 4.42. The van der Waals surface area contributed by atoms with Crippen molar-refractivity contribution in [2.75, 3.05) is 6.54 Å². The Labute approximate surface area is 166 Å². The molecule has 0 aliphatic carbocycles. The number of hydrogen-bond acceptors (Lipinski definition) is 6. The van der Waals surface area contributed by atoms with Crippen LogP contribution in [0.4, 0.5) is 0 Å². The highest BCUT2D eigenvalue weighted by Gasteiger charge is 2.27. The molecular weight excluding hydrogens is 372 g/mol. The molecule has 3 aromatic heterocycles. The van der Waals surface area contributed by atoms with Gasteiger partial charge in [0.2, 0.25) is 0 Å². The van der Waals surface area contributed by atoms with Crippen molar-refractivity contribution in [2.45, 2.75) is 31.8 Å². The van der Waals surface area contributed by atoms with E-state index in [1.54, 1.807) is 11.3 Å². The van der Waals surface area contributed by atoms with Gasteiger partial charge in [-0.3, -0.25) is 9.88 Å². The van der Waals surface area contributed by atoms with Crippen LogP contribution < -0.4 is 0 Å². The molecule has 1 aromatic carbocycles. The van der Waals surface area contributed by atoms with E-state index in [4.69, 9.17) is 9.97 Å². The van der Waals surface area contributed by atoms with Crippen LogP contribution in [-0.4, -0.2) is 26.4 Å². The van der Waals surface area contributed by atoms with Crippen molar-refractivity contribution in [2.24, 2.45) is 0 Å². The van der Waals surface area contributed by atoms with Crippen LogP contribution in [0.15, 0.2) is 54.0 Å². The van der Waals surface area contributed by atoms with E-state index in [1.807, 2.05) is 35.7 Å². The van der Waals surface area contributed by atoms with Crippen LogP contribution in [0, 0.1) is 0 Å². The fourth-order valence-electron chi connectivity index (χ4n) is 3.69. The topological polar surface area (TPSA) is 41.9 Å². The fourth-order valence-corrected chi connectivity index (χ4v) is 5.61. The fraction of sp³-hybridized carbons (Fsp3) is 0.286. The Morgan fingerprint density at radius 3 is 2.85 bits per heavy atom. The molecule has 6 heteroatoms. The molecule has 1 saturated heterocycles. The van der Waals surface area contributed by atoms with Crippen molar-refractivity contribution in [1.29, 1.82) is 0 Å². The van der Waals surface area contributed by atoms with Gasteiger partial charge in [-0.25, -0.2) is 9.97 Å². The predicted octanol–water partition coefficient (Wildman–Crippen LogP) is 5.54. The minimum absolute atomic E-state index is 0.399. The lowest BCUT2D eigenvalue weighted by Crippen LogP contribution is -2.33. The van der Waals surface area contributed by atoms with Crippen molar-refractivity contribution in [3.8, 4) is 10.7 Å². The summed E-state index contributed by atoms with van der Waals surface area (Å²) in [6.07, 6.45) is 5.52. The van der Waals surface area contributed by atoms with Gasteiger partial charge in [0, 0.05) is 18.1 Å². The number of pyridine rings is 1. The van der Waals surface area contributed by atoms with Crippen LogP contribution in [0.1, 0.15) is 36.0 Å². The molecule has 0 saturated carbocycles. The molecule has 4 aromatic rings. The van der Waals surface area contributed by atoms with Crippen LogP contribution in [0.2, 0.25) is 0 Å². The maximum absolute atomic E-state index is 4.93. The molecule has 27 heavy (non-hydrogen) atoms. The third-order valence-corrected chi connectivity index (χ3v) is 7.06. The minimum Gasteiger partial charge on any atom is -0.288 e. The summed E-state index contributed by atoms with van der Waals surface area (Å²) in [6.45, 7) is 1.99. The van der Waals surface area contributed by atoms with E-state index in [9.17, 15) is 0 Å². The van der Waals surface area contributed by atoms with Crippen LogP contribution in [-0.2, 0) is 6.54 Å². The molecule has 1 atom stereocenters. The molecule has 0 spiro atoms. The van der Waals surface area contributed by atoms with Crippen LogP contribution in [0.25, 0.3) is 20.9 Å². The monoisotopic (exact) mass is 392 g/mol. The van der Waals surface area contributed by atoms with E-state index < -0.39 is 0 Å². The quantitative estimate of drug-likeness (QED) is 0.457. The smallest absolute Gasteiger partial charge is 0.142 e. The van der Waals surface area contributed by atoms with E-state index in [1.165, 1.54) is 29.0 Å². The van der Waals surface area contributed by atoms with Crippen molar-refractivity contribution in [3.63, 3.8) is 0 Å². The highest BCUT2D eigenvalue weighted by molar-refractivity contribution is 7.18. The Bertz CT molecular complexity index is 1010. The zero-order valence-electron chi connectivity index (χ0n) is 14.9. The molecule has 5 rings (SSSR count). The maximum atomic E-state index is 4.93. The van der Waals surface area contributed by atoms with Crippen molar-refractivity contribution in [3.05, 3.63) is 64.7 Å². The normalized spacial score (nSPS) is 18.1. The molecule has 1 fully saturated rings. The first-order valence-electron chi connectivity index (χ1n) is 9.32. The summed E-state index contributed by atoms with van der Waals surface area (Å²) in [6, 6.07) is 14.8. The summed E-state index contributed by atoms with van der Waals surface area (Å²) in [4.78, 5) is 16.7. The average molecular weight is 393 g/mol. The first-order valence-corrected chi connectivity index (χ1v) is 11.0. The Morgan fingerprint density at radius 1 is 1.04 bits per heavy atom. The number of piperidine rings is 1. The molecule has 0 amide bonds. The second-order valence-electron chi connectivity index (χ2n) is 6.86. The molecule has 1 unspecified atom stereocenters. The zero-order valence-corrected chi connectivity index (χ0v) is 16.5. The lowest BCUT2D eigenvalue weighted by Gasteiger charge is -2.33. The van der Waals surface area contributed by atoms with Gasteiger partial charge in [0.15, 0.2) is 0 Å². The molecule has 0 bridgehead atoms. The second kappa shape index (κ2) is 7.46. The number of nitrogens with zero attached hydrogens (tertiary/aromatic N) is 4. The predicted molar refractivity (Wildman–Crippen MR) is 112 cm³/mol. The summed E-state index contributed by atoms with van der Waals surface area (Å²) < 4.78 is 1.28. The first kappa shape index (κ1) is 17.0. The van der Waals surface area contributed by atoms with Gasteiger partial charge in [-0.1, -0.05) is 24.6 Å². The lowest BCUT2D eigenvalue weighted by molar-refractivity contribution is 0.139. The first-order chi connectivity index (χ1) is 13.4. The van der Waals surface area contributed by atoms with Crippen molar-refractivity contribution >= 4 is 32.9 Å². The molecular formula is C21H20N4S2. The van der Waals surface area contributed by atoms with Gasteiger partial charge in [0.05, 0.1) is 27.6 Å². The molecule has 1 aliphatic heterocycles. The number of benzene rings is 1. The Kier molecular flexibility index (Phi) is 4.69. The summed E-state index contributed by atoms with van der Waals surface area (Å²) >= 11 is 3.52. The summed E-state index contributed by atoms with van der Waals surface area (Å²) in [5.41, 5.74) is 3.21. The van der Waals surface area contributed by atoms with E-state index in [-0.39, 0.29) is 0 Å². The lowest BCUT2D eigenvalue weighted by atomic mass is 10.0. The van der Waals surface area contributed by atoms with Gasteiger partial charge >= 0.3 is 0 Å². The third kappa shape index (κ3) is 3.52. The number of aromatic nitrogens is 3. The molecule has 4 nitrogen and oxygen atoms in total. The van der Waals surface area contributed by atoms with Crippen LogP contribution >= 0.6 is 22.7 Å². The highest BCUT2D eigenvalue weighted by atomic mass is 32.1. The van der Waals surface area contributed by atoms with Crippen LogP contribution in [0.3, 0.4) is 0 Å². The zero-order chi connectivity index (χ0) is 18.1. The number of fused-ring (bicyclic) bond motifs is 1. The highest BCUT2D eigenvalue weighted by Crippen LogP contribution is 2.36. The van der Waals surface area contributed by atoms with Crippen LogP contribution in [0.5, 0.6) is 0 Å². The summed E-state index contributed by atoms with van der Waals surface area (Å²) in [5.74, 6) is 0. The van der Waals surface area contributed by atoms with Gasteiger partial charge in [-0.2, -0.15) is 0 Å². The van der Waals surface area contributed by atoms with Gasteiger partial charge in [-0.05, 0) is 43.7 Å². The SMILES string of the molecule is c1ccc(-c2nc(CN3CCCCC3c3nc4ccccc4s3)cs2)nc1.